The minimum absolute atomic E-state index is 0.139. The molecule has 10 nitrogen and oxygen atoms in total. The summed E-state index contributed by atoms with van der Waals surface area (Å²) in [5.74, 6) is 0.586. The Kier molecular flexibility index (Phi) is 5.93. The molecule has 2 aromatic heterocycles. The second kappa shape index (κ2) is 8.84. The van der Waals surface area contributed by atoms with Crippen molar-refractivity contribution in [3.63, 3.8) is 0 Å². The molecule has 0 bridgehead atoms. The molecule has 5 rings (SSSR count). The van der Waals surface area contributed by atoms with E-state index in [9.17, 15) is 19.0 Å². The third-order valence-electron chi connectivity index (χ3n) is 6.73. The Balaban J connectivity index is 1.61. The van der Waals surface area contributed by atoms with Gasteiger partial charge in [-0.15, -0.1) is 21.0 Å². The fourth-order valence-corrected chi connectivity index (χ4v) is 5.97. The molecule has 1 atom stereocenters. The van der Waals surface area contributed by atoms with Crippen LogP contribution in [0, 0.1) is 0 Å². The highest BCUT2D eigenvalue weighted by Crippen LogP contribution is 2.50. The standard InChI is InChI=1S/C25H29N5O5S/c1-4-17-15-30-10-11-36(33,34)29(3)20-13-18(12-19(17)21(20)30)22-27-28-23(35-22)25(2,26-24(31)32)14-16-8-6-5-7-9-16/h5-9,12-13,15,26,33-34H,4,10-11,14H2,1-3H3,(H,31,32)/t25-/m1/s1. The Labute approximate surface area is 210 Å². The number of amides is 1. The molecule has 0 aliphatic carbocycles. The van der Waals surface area contributed by atoms with Crippen LogP contribution in [-0.2, 0) is 24.9 Å². The second-order valence-corrected chi connectivity index (χ2v) is 11.5. The lowest BCUT2D eigenvalue weighted by Crippen LogP contribution is -2.44. The van der Waals surface area contributed by atoms with Gasteiger partial charge in [-0.2, -0.15) is 0 Å². The molecule has 1 aliphatic rings. The molecule has 11 heteroatoms. The summed E-state index contributed by atoms with van der Waals surface area (Å²) in [5, 5.41) is 21.5. The van der Waals surface area contributed by atoms with Crippen LogP contribution >= 0.6 is 10.8 Å². The van der Waals surface area contributed by atoms with Gasteiger partial charge in [-0.1, -0.05) is 37.3 Å². The van der Waals surface area contributed by atoms with Crippen LogP contribution in [-0.4, -0.2) is 47.9 Å². The van der Waals surface area contributed by atoms with Crippen LogP contribution in [0.4, 0.5) is 10.5 Å². The molecular formula is C25H29N5O5S. The third kappa shape index (κ3) is 4.19. The summed E-state index contributed by atoms with van der Waals surface area (Å²) in [6, 6.07) is 13.3. The largest absolute Gasteiger partial charge is 0.465 e. The Morgan fingerprint density at radius 1 is 1.22 bits per heavy atom. The molecule has 2 aromatic carbocycles. The van der Waals surface area contributed by atoms with E-state index in [1.807, 2.05) is 42.5 Å². The molecule has 1 amide bonds. The van der Waals surface area contributed by atoms with Crippen LogP contribution in [0.25, 0.3) is 22.4 Å². The SMILES string of the molecule is CCc1cn2c3c(cc(-c4nnc([C@@](C)(Cc5ccccc5)NC(=O)O)o4)cc13)N(C)S(O)(O)CC2. The van der Waals surface area contributed by atoms with E-state index < -0.39 is 22.4 Å². The maximum absolute atomic E-state index is 11.6. The highest BCUT2D eigenvalue weighted by molar-refractivity contribution is 8.25. The quantitative estimate of drug-likeness (QED) is 0.281. The summed E-state index contributed by atoms with van der Waals surface area (Å²) in [6.45, 7) is 4.28. The first-order chi connectivity index (χ1) is 17.1. The number of aryl methyl sites for hydroxylation is 2. The maximum Gasteiger partial charge on any atom is 0.405 e. The summed E-state index contributed by atoms with van der Waals surface area (Å²) in [7, 11) is -1.32. The minimum atomic E-state index is -3.00. The van der Waals surface area contributed by atoms with Gasteiger partial charge in [0.05, 0.1) is 17.0 Å². The first kappa shape index (κ1) is 24.2. The lowest BCUT2D eigenvalue weighted by atomic mass is 9.93. The number of carbonyl (C=O) groups is 1. The fraction of sp³-hybridized carbons (Fsp3) is 0.320. The molecule has 0 radical (unpaired) electrons. The van der Waals surface area contributed by atoms with E-state index in [4.69, 9.17) is 4.42 Å². The Bertz CT molecular complexity index is 1430. The first-order valence-electron chi connectivity index (χ1n) is 11.7. The van der Waals surface area contributed by atoms with Gasteiger partial charge in [-0.05, 0) is 36.6 Å². The van der Waals surface area contributed by atoms with Gasteiger partial charge in [0.15, 0.2) is 0 Å². The zero-order valence-corrected chi connectivity index (χ0v) is 21.1. The molecular weight excluding hydrogens is 482 g/mol. The van der Waals surface area contributed by atoms with Crippen LogP contribution in [0.1, 0.15) is 30.9 Å². The van der Waals surface area contributed by atoms with Crippen molar-refractivity contribution in [3.8, 4) is 11.5 Å². The summed E-state index contributed by atoms with van der Waals surface area (Å²) in [4.78, 5) is 11.6. The molecule has 0 saturated heterocycles. The summed E-state index contributed by atoms with van der Waals surface area (Å²) in [6.07, 6.45) is 1.98. The maximum atomic E-state index is 11.6. The Morgan fingerprint density at radius 3 is 2.67 bits per heavy atom. The summed E-state index contributed by atoms with van der Waals surface area (Å²) >= 11 is 0. The predicted octanol–water partition coefficient (Wildman–Crippen LogP) is 5.09. The van der Waals surface area contributed by atoms with E-state index in [1.165, 1.54) is 4.31 Å². The van der Waals surface area contributed by atoms with Crippen molar-refractivity contribution in [1.29, 1.82) is 0 Å². The van der Waals surface area contributed by atoms with Crippen LogP contribution in [0.15, 0.2) is 53.1 Å². The Morgan fingerprint density at radius 2 is 1.97 bits per heavy atom. The van der Waals surface area contributed by atoms with Crippen molar-refractivity contribution in [3.05, 3.63) is 65.7 Å². The van der Waals surface area contributed by atoms with E-state index in [0.29, 0.717) is 24.2 Å². The molecule has 36 heavy (non-hydrogen) atoms. The zero-order valence-electron chi connectivity index (χ0n) is 20.3. The highest BCUT2D eigenvalue weighted by atomic mass is 32.3. The molecule has 0 unspecified atom stereocenters. The number of anilines is 1. The second-order valence-electron chi connectivity index (χ2n) is 9.26. The molecule has 0 saturated carbocycles. The van der Waals surface area contributed by atoms with Crippen LogP contribution in [0.2, 0.25) is 0 Å². The molecule has 1 aliphatic heterocycles. The van der Waals surface area contributed by atoms with E-state index >= 15 is 0 Å². The molecule has 190 valence electrons. The van der Waals surface area contributed by atoms with Gasteiger partial charge in [0.2, 0.25) is 11.8 Å². The monoisotopic (exact) mass is 511 g/mol. The van der Waals surface area contributed by atoms with Gasteiger partial charge >= 0.3 is 6.09 Å². The lowest BCUT2D eigenvalue weighted by molar-refractivity contribution is 0.172. The Hall–Kier alpha value is -3.54. The topological polar surface area (TPSA) is 137 Å². The lowest BCUT2D eigenvalue weighted by Gasteiger charge is -2.40. The van der Waals surface area contributed by atoms with Gasteiger partial charge in [-0.25, -0.2) is 4.79 Å². The van der Waals surface area contributed by atoms with E-state index in [0.717, 1.165) is 28.5 Å². The smallest absolute Gasteiger partial charge is 0.405 e. The van der Waals surface area contributed by atoms with Crippen molar-refractivity contribution in [2.75, 3.05) is 17.1 Å². The zero-order chi connectivity index (χ0) is 25.7. The molecule has 4 aromatic rings. The number of carboxylic acid groups (broad SMARTS) is 1. The van der Waals surface area contributed by atoms with E-state index in [-0.39, 0.29) is 17.5 Å². The third-order valence-corrected chi connectivity index (χ3v) is 8.53. The number of nitrogens with one attached hydrogen (secondary N) is 1. The van der Waals surface area contributed by atoms with Gasteiger partial charge in [-0.3, -0.25) is 13.4 Å². The number of aromatic nitrogens is 3. The van der Waals surface area contributed by atoms with Gasteiger partial charge in [0.25, 0.3) is 0 Å². The van der Waals surface area contributed by atoms with Gasteiger partial charge < -0.3 is 19.4 Å². The van der Waals surface area contributed by atoms with Crippen LogP contribution < -0.4 is 9.62 Å². The van der Waals surface area contributed by atoms with Gasteiger partial charge in [0.1, 0.15) is 5.54 Å². The van der Waals surface area contributed by atoms with E-state index in [2.05, 4.69) is 33.2 Å². The van der Waals surface area contributed by atoms with Crippen LogP contribution in [0.3, 0.4) is 0 Å². The van der Waals surface area contributed by atoms with Crippen molar-refractivity contribution in [1.82, 2.24) is 20.1 Å². The number of hydrogen-bond acceptors (Lipinski definition) is 7. The number of nitrogens with zero attached hydrogens (tertiary/aromatic N) is 4. The van der Waals surface area contributed by atoms with Gasteiger partial charge in [0, 0.05) is 37.2 Å². The van der Waals surface area contributed by atoms with Crippen molar-refractivity contribution >= 4 is 33.5 Å². The van der Waals surface area contributed by atoms with Crippen LogP contribution in [0.5, 0.6) is 0 Å². The van der Waals surface area contributed by atoms with E-state index in [1.54, 1.807) is 14.0 Å². The number of hydrogen-bond donors (Lipinski definition) is 4. The van der Waals surface area contributed by atoms with Crippen molar-refractivity contribution in [2.45, 2.75) is 38.8 Å². The number of rotatable bonds is 6. The molecule has 3 heterocycles. The summed E-state index contributed by atoms with van der Waals surface area (Å²) in [5.41, 5.74) is 3.09. The molecule has 0 spiro atoms. The van der Waals surface area contributed by atoms with Crippen molar-refractivity contribution < 1.29 is 23.4 Å². The highest BCUT2D eigenvalue weighted by Gasteiger charge is 2.36. The van der Waals surface area contributed by atoms with Crippen molar-refractivity contribution in [2.24, 2.45) is 0 Å². The summed E-state index contributed by atoms with van der Waals surface area (Å²) < 4.78 is 31.1. The molecule has 0 fully saturated rings. The predicted molar refractivity (Wildman–Crippen MR) is 139 cm³/mol. The fourth-order valence-electron chi connectivity index (χ4n) is 4.80. The normalized spacial score (nSPS) is 17.4. The average Bonchev–Trinajstić information content (AvgIpc) is 3.45. The minimum Gasteiger partial charge on any atom is -0.465 e. The molecule has 4 N–H and O–H groups in total. The average molecular weight is 512 g/mol. The first-order valence-corrected chi connectivity index (χ1v) is 13.3. The number of benzene rings is 2.